The minimum atomic E-state index is -0.356. The van der Waals surface area contributed by atoms with Gasteiger partial charge in [0.25, 0.3) is 11.5 Å². The van der Waals surface area contributed by atoms with Crippen LogP contribution in [0.3, 0.4) is 0 Å². The van der Waals surface area contributed by atoms with Crippen LogP contribution in [0.2, 0.25) is 0 Å². The van der Waals surface area contributed by atoms with Crippen LogP contribution in [0.1, 0.15) is 49.2 Å². The quantitative estimate of drug-likeness (QED) is 0.704. The Kier molecular flexibility index (Phi) is 4.63. The molecule has 7 heteroatoms. The molecule has 1 amide bonds. The monoisotopic (exact) mass is 353 g/mol. The Bertz CT molecular complexity index is 1130. The van der Waals surface area contributed by atoms with Crippen molar-refractivity contribution in [1.29, 1.82) is 5.41 Å². The maximum absolute atomic E-state index is 13.1. The molecule has 0 bridgehead atoms. The summed E-state index contributed by atoms with van der Waals surface area (Å²) in [6.07, 6.45) is 2.48. The topological polar surface area (TPSA) is 92.2 Å². The second-order valence-corrected chi connectivity index (χ2v) is 6.48. The number of carbonyl (C=O) groups excluding carboxylic acids is 1. The summed E-state index contributed by atoms with van der Waals surface area (Å²) in [6.45, 7) is 8.13. The minimum absolute atomic E-state index is 0.0702. The molecule has 0 spiro atoms. The number of nitrogens with one attached hydrogen (secondary N) is 2. The Morgan fingerprint density at radius 1 is 1.35 bits per heavy atom. The number of amides is 1. The van der Waals surface area contributed by atoms with Crippen LogP contribution in [0.4, 0.5) is 0 Å². The zero-order valence-electron chi connectivity index (χ0n) is 15.5. The number of fused-ring (bicyclic) bond motifs is 2. The van der Waals surface area contributed by atoms with Gasteiger partial charge in [0.05, 0.1) is 10.9 Å². The van der Waals surface area contributed by atoms with Crippen LogP contribution in [-0.2, 0) is 0 Å². The summed E-state index contributed by atoms with van der Waals surface area (Å²) in [5.74, 6) is -0.356. The molecule has 0 radical (unpaired) electrons. The zero-order valence-corrected chi connectivity index (χ0v) is 15.5. The second-order valence-electron chi connectivity index (χ2n) is 6.48. The first-order valence-electron chi connectivity index (χ1n) is 8.80. The highest BCUT2D eigenvalue weighted by Gasteiger charge is 2.19. The van der Waals surface area contributed by atoms with Crippen LogP contribution >= 0.6 is 0 Å². The van der Waals surface area contributed by atoms with Gasteiger partial charge in [0.2, 0.25) is 0 Å². The van der Waals surface area contributed by atoms with E-state index in [1.807, 2.05) is 33.8 Å². The smallest absolute Gasteiger partial charge is 0.267 e. The highest BCUT2D eigenvalue weighted by Crippen LogP contribution is 2.16. The van der Waals surface area contributed by atoms with Crippen molar-refractivity contribution in [1.82, 2.24) is 19.3 Å². The molecule has 1 atom stereocenters. The summed E-state index contributed by atoms with van der Waals surface area (Å²) in [5.41, 5.74) is 1.92. The Hall–Kier alpha value is -2.96. The lowest BCUT2D eigenvalue weighted by atomic mass is 10.1. The van der Waals surface area contributed by atoms with Crippen molar-refractivity contribution in [2.75, 3.05) is 6.54 Å². The molecular formula is C19H23N5O2. The molecule has 7 nitrogen and oxygen atoms in total. The molecule has 2 N–H and O–H groups in total. The van der Waals surface area contributed by atoms with Gasteiger partial charge >= 0.3 is 0 Å². The van der Waals surface area contributed by atoms with Crippen molar-refractivity contribution in [3.8, 4) is 0 Å². The van der Waals surface area contributed by atoms with Crippen molar-refractivity contribution in [3.05, 3.63) is 51.4 Å². The zero-order chi connectivity index (χ0) is 19.0. The van der Waals surface area contributed by atoms with Gasteiger partial charge in [0, 0.05) is 18.8 Å². The van der Waals surface area contributed by atoms with E-state index in [0.29, 0.717) is 23.2 Å². The molecule has 3 heterocycles. The molecule has 0 saturated carbocycles. The van der Waals surface area contributed by atoms with Gasteiger partial charge in [-0.1, -0.05) is 13.0 Å². The number of nitrogens with zero attached hydrogens (tertiary/aromatic N) is 3. The Balaban J connectivity index is 2.51. The van der Waals surface area contributed by atoms with Gasteiger partial charge < -0.3 is 9.88 Å². The number of rotatable bonds is 4. The summed E-state index contributed by atoms with van der Waals surface area (Å²) in [5, 5.41) is 11.6. The van der Waals surface area contributed by atoms with Crippen molar-refractivity contribution >= 4 is 22.6 Å². The molecule has 136 valence electrons. The van der Waals surface area contributed by atoms with Crippen LogP contribution < -0.4 is 16.4 Å². The first-order chi connectivity index (χ1) is 12.4. The van der Waals surface area contributed by atoms with Crippen molar-refractivity contribution in [2.24, 2.45) is 0 Å². The van der Waals surface area contributed by atoms with Gasteiger partial charge in [-0.25, -0.2) is 4.98 Å². The largest absolute Gasteiger partial charge is 0.352 e. The van der Waals surface area contributed by atoms with Gasteiger partial charge in [0.1, 0.15) is 16.8 Å². The van der Waals surface area contributed by atoms with E-state index in [9.17, 15) is 9.59 Å². The standard InChI is InChI=1S/C19H23N5O2/c1-5-12(4)24-16(20)13(18(25)21-6-2)9-14-17(24)22-15-8-7-11(3)10-23(15)19(14)26/h7-10,12,20H,5-6H2,1-4H3,(H,21,25)/t12-/m1/s1. The summed E-state index contributed by atoms with van der Waals surface area (Å²) in [6, 6.07) is 5.11. The highest BCUT2D eigenvalue weighted by molar-refractivity contribution is 5.96. The van der Waals surface area contributed by atoms with Crippen LogP contribution in [0.5, 0.6) is 0 Å². The van der Waals surface area contributed by atoms with Crippen molar-refractivity contribution < 1.29 is 4.79 Å². The van der Waals surface area contributed by atoms with Gasteiger partial charge in [0.15, 0.2) is 0 Å². The molecule has 0 aliphatic carbocycles. The Labute approximate surface area is 150 Å². The van der Waals surface area contributed by atoms with E-state index in [-0.39, 0.29) is 28.6 Å². The van der Waals surface area contributed by atoms with Crippen LogP contribution in [0.15, 0.2) is 29.2 Å². The number of hydrogen-bond donors (Lipinski definition) is 2. The summed E-state index contributed by atoms with van der Waals surface area (Å²) >= 11 is 0. The lowest BCUT2D eigenvalue weighted by Gasteiger charge is -2.19. The number of pyridine rings is 2. The lowest BCUT2D eigenvalue weighted by molar-refractivity contribution is 0.0953. The summed E-state index contributed by atoms with van der Waals surface area (Å²) < 4.78 is 3.17. The molecule has 3 aromatic rings. The first-order valence-corrected chi connectivity index (χ1v) is 8.80. The molecule has 0 aromatic carbocycles. The molecule has 0 unspecified atom stereocenters. The molecule has 26 heavy (non-hydrogen) atoms. The van der Waals surface area contributed by atoms with Crippen LogP contribution in [0, 0.1) is 12.3 Å². The predicted molar refractivity (Wildman–Crippen MR) is 101 cm³/mol. The van der Waals surface area contributed by atoms with Gasteiger partial charge in [-0.2, -0.15) is 0 Å². The van der Waals surface area contributed by atoms with Crippen LogP contribution in [0.25, 0.3) is 16.7 Å². The molecular weight excluding hydrogens is 330 g/mol. The maximum atomic E-state index is 13.1. The number of aryl methyl sites for hydroxylation is 1. The lowest BCUT2D eigenvalue weighted by Crippen LogP contribution is -2.35. The normalized spacial score (nSPS) is 12.5. The molecule has 0 aliphatic heterocycles. The molecule has 3 aromatic heterocycles. The molecule has 3 rings (SSSR count). The van der Waals surface area contributed by atoms with Gasteiger partial charge in [-0.3, -0.25) is 19.4 Å². The first kappa shape index (κ1) is 17.8. The fourth-order valence-corrected chi connectivity index (χ4v) is 3.05. The van der Waals surface area contributed by atoms with Crippen molar-refractivity contribution in [3.63, 3.8) is 0 Å². The fraction of sp³-hybridized carbons (Fsp3) is 0.368. The SMILES string of the molecule is CCNC(=O)c1cc2c(=O)n3cc(C)ccc3nc2n([C@H](C)CC)c1=N. The van der Waals surface area contributed by atoms with Crippen molar-refractivity contribution in [2.45, 2.75) is 40.2 Å². The maximum Gasteiger partial charge on any atom is 0.267 e. The van der Waals surface area contributed by atoms with E-state index in [1.54, 1.807) is 16.8 Å². The molecule has 0 saturated heterocycles. The van der Waals surface area contributed by atoms with E-state index in [0.717, 1.165) is 12.0 Å². The average Bonchev–Trinajstić information content (AvgIpc) is 2.62. The third kappa shape index (κ3) is 2.79. The third-order valence-electron chi connectivity index (χ3n) is 4.61. The molecule has 0 fully saturated rings. The van der Waals surface area contributed by atoms with E-state index >= 15 is 0 Å². The fourth-order valence-electron chi connectivity index (χ4n) is 3.05. The minimum Gasteiger partial charge on any atom is -0.352 e. The van der Waals surface area contributed by atoms with Gasteiger partial charge in [-0.15, -0.1) is 0 Å². The average molecular weight is 353 g/mol. The number of aromatic nitrogens is 3. The summed E-state index contributed by atoms with van der Waals surface area (Å²) in [4.78, 5) is 30.1. The Morgan fingerprint density at radius 3 is 2.73 bits per heavy atom. The van der Waals surface area contributed by atoms with Crippen LogP contribution in [-0.4, -0.2) is 26.4 Å². The number of hydrogen-bond acceptors (Lipinski definition) is 4. The van der Waals surface area contributed by atoms with Gasteiger partial charge in [-0.05, 0) is 44.9 Å². The van der Waals surface area contributed by atoms with E-state index < -0.39 is 0 Å². The van der Waals surface area contributed by atoms with E-state index in [4.69, 9.17) is 5.41 Å². The van der Waals surface area contributed by atoms with E-state index in [2.05, 4.69) is 10.3 Å². The highest BCUT2D eigenvalue weighted by atomic mass is 16.1. The van der Waals surface area contributed by atoms with E-state index in [1.165, 1.54) is 10.5 Å². The number of carbonyl (C=O) groups is 1. The third-order valence-corrected chi connectivity index (χ3v) is 4.61. The molecule has 0 aliphatic rings. The summed E-state index contributed by atoms with van der Waals surface area (Å²) in [7, 11) is 0. The Morgan fingerprint density at radius 2 is 2.08 bits per heavy atom. The predicted octanol–water partition coefficient (Wildman–Crippen LogP) is 2.16. The second kappa shape index (κ2) is 6.74.